The summed E-state index contributed by atoms with van der Waals surface area (Å²) >= 11 is 0. The molecule has 1 aliphatic rings. The van der Waals surface area contributed by atoms with Gasteiger partial charge in [0.15, 0.2) is 0 Å². The van der Waals surface area contributed by atoms with Crippen LogP contribution in [0.15, 0.2) is 29.2 Å². The van der Waals surface area contributed by atoms with E-state index in [0.29, 0.717) is 17.9 Å². The largest absolute Gasteiger partial charge is 0.405 e. The predicted octanol–water partition coefficient (Wildman–Crippen LogP) is 1.63. The van der Waals surface area contributed by atoms with Crippen LogP contribution in [0.4, 0.5) is 18.0 Å². The van der Waals surface area contributed by atoms with Gasteiger partial charge in [-0.3, -0.25) is 9.00 Å². The van der Waals surface area contributed by atoms with Gasteiger partial charge >= 0.3 is 12.2 Å². The summed E-state index contributed by atoms with van der Waals surface area (Å²) in [4.78, 5) is 26.0. The predicted molar refractivity (Wildman–Crippen MR) is 89.8 cm³/mol. The van der Waals surface area contributed by atoms with Gasteiger partial charge in [-0.15, -0.1) is 0 Å². The topological polar surface area (TPSA) is 78.5 Å². The number of hydrogen-bond acceptors (Lipinski definition) is 3. The summed E-state index contributed by atoms with van der Waals surface area (Å²) in [6, 6.07) is 6.57. The molecule has 144 valence electrons. The van der Waals surface area contributed by atoms with E-state index < -0.39 is 35.3 Å². The second-order valence-electron chi connectivity index (χ2n) is 6.02. The van der Waals surface area contributed by atoms with E-state index >= 15 is 0 Å². The summed E-state index contributed by atoms with van der Waals surface area (Å²) in [6.45, 7) is -0.711. The van der Waals surface area contributed by atoms with Crippen LogP contribution >= 0.6 is 0 Å². The normalized spacial score (nSPS) is 18.5. The third kappa shape index (κ3) is 6.01. The molecule has 2 rings (SSSR count). The molecule has 2 unspecified atom stereocenters. The molecule has 1 aliphatic heterocycles. The number of urea groups is 1. The second-order valence-corrected chi connectivity index (χ2v) is 7.40. The van der Waals surface area contributed by atoms with Gasteiger partial charge in [-0.25, -0.2) is 4.79 Å². The highest BCUT2D eigenvalue weighted by Crippen LogP contribution is 2.18. The van der Waals surface area contributed by atoms with Crippen LogP contribution in [0.1, 0.15) is 12.0 Å². The highest BCUT2D eigenvalue weighted by Gasteiger charge is 2.33. The average molecular weight is 391 g/mol. The van der Waals surface area contributed by atoms with E-state index in [-0.39, 0.29) is 19.1 Å². The zero-order valence-corrected chi connectivity index (χ0v) is 15.0. The Bertz CT molecular complexity index is 680. The van der Waals surface area contributed by atoms with Crippen LogP contribution in [0.2, 0.25) is 0 Å². The van der Waals surface area contributed by atoms with Crippen LogP contribution in [-0.4, -0.2) is 53.1 Å². The third-order valence-corrected chi connectivity index (χ3v) is 4.94. The molecule has 6 nitrogen and oxygen atoms in total. The first-order chi connectivity index (χ1) is 12.2. The zero-order chi connectivity index (χ0) is 19.3. The number of likely N-dealkylation sites (tertiary alicyclic amines) is 1. The lowest BCUT2D eigenvalue weighted by Gasteiger charge is -2.17. The number of benzene rings is 1. The lowest BCUT2D eigenvalue weighted by molar-refractivity contribution is -0.140. The Morgan fingerprint density at radius 1 is 1.23 bits per heavy atom. The van der Waals surface area contributed by atoms with Gasteiger partial charge < -0.3 is 15.5 Å². The van der Waals surface area contributed by atoms with Crippen LogP contribution in [0.25, 0.3) is 0 Å². The first-order valence-corrected chi connectivity index (χ1v) is 9.51. The Morgan fingerprint density at radius 3 is 2.46 bits per heavy atom. The minimum atomic E-state index is -4.45. The summed E-state index contributed by atoms with van der Waals surface area (Å²) in [5.74, 6) is -1.33. The Hall–Kier alpha value is -2.10. The Kier molecular flexibility index (Phi) is 6.63. The molecular weight excluding hydrogens is 371 g/mol. The molecule has 10 heteroatoms. The van der Waals surface area contributed by atoms with Gasteiger partial charge in [0, 0.05) is 41.6 Å². The standard InChI is InChI=1S/C16H20F3N3O3S/c1-26(25)13-4-2-11(3-5-13)8-20-15(24)22-7-6-12(9-22)14(23)21-10-16(17,18)19/h2-5,12H,6-10H2,1H3,(H,20,24)(H,21,23). The lowest BCUT2D eigenvalue weighted by atomic mass is 10.1. The fraction of sp³-hybridized carbons (Fsp3) is 0.500. The number of halogens is 3. The van der Waals surface area contributed by atoms with Gasteiger partial charge in [-0.05, 0) is 24.1 Å². The number of rotatable bonds is 5. The van der Waals surface area contributed by atoms with Crippen LogP contribution in [0.3, 0.4) is 0 Å². The molecule has 1 aromatic rings. The molecule has 0 saturated carbocycles. The van der Waals surface area contributed by atoms with Gasteiger partial charge in [-0.1, -0.05) is 12.1 Å². The molecule has 0 radical (unpaired) electrons. The molecule has 1 fully saturated rings. The van der Waals surface area contributed by atoms with Crippen LogP contribution in [0.5, 0.6) is 0 Å². The van der Waals surface area contributed by atoms with Crippen molar-refractivity contribution in [3.8, 4) is 0 Å². The van der Waals surface area contributed by atoms with Crippen LogP contribution in [0, 0.1) is 5.92 Å². The molecule has 0 bridgehead atoms. The molecule has 0 aromatic heterocycles. The molecule has 3 amide bonds. The lowest BCUT2D eigenvalue weighted by Crippen LogP contribution is -2.41. The van der Waals surface area contributed by atoms with Gasteiger partial charge in [0.2, 0.25) is 5.91 Å². The fourth-order valence-corrected chi connectivity index (χ4v) is 3.10. The number of carbonyl (C=O) groups is 2. The van der Waals surface area contributed by atoms with Crippen molar-refractivity contribution in [2.45, 2.75) is 24.0 Å². The van der Waals surface area contributed by atoms with Crippen LogP contribution in [-0.2, 0) is 22.1 Å². The monoisotopic (exact) mass is 391 g/mol. The summed E-state index contributed by atoms with van der Waals surface area (Å²) in [5.41, 5.74) is 0.825. The highest BCUT2D eigenvalue weighted by atomic mass is 32.2. The van der Waals surface area contributed by atoms with Crippen molar-refractivity contribution in [3.05, 3.63) is 29.8 Å². The van der Waals surface area contributed by atoms with E-state index in [9.17, 15) is 27.0 Å². The third-order valence-electron chi connectivity index (χ3n) is 4.01. The molecule has 1 heterocycles. The van der Waals surface area contributed by atoms with E-state index in [1.807, 2.05) is 5.32 Å². The molecule has 1 saturated heterocycles. The molecule has 2 atom stereocenters. The van der Waals surface area contributed by atoms with Crippen molar-refractivity contribution in [2.75, 3.05) is 25.9 Å². The maximum absolute atomic E-state index is 12.1. The van der Waals surface area contributed by atoms with E-state index in [4.69, 9.17) is 0 Å². The summed E-state index contributed by atoms with van der Waals surface area (Å²) in [6.07, 6.45) is -2.55. The maximum atomic E-state index is 12.1. The Labute approximate surface area is 151 Å². The van der Waals surface area contributed by atoms with Crippen molar-refractivity contribution in [1.29, 1.82) is 0 Å². The molecular formula is C16H20F3N3O3S. The van der Waals surface area contributed by atoms with Crippen molar-refractivity contribution in [1.82, 2.24) is 15.5 Å². The number of hydrogen-bond donors (Lipinski definition) is 2. The van der Waals surface area contributed by atoms with Gasteiger partial charge in [0.05, 0.1) is 5.92 Å². The van der Waals surface area contributed by atoms with E-state index in [0.717, 1.165) is 5.56 Å². The van der Waals surface area contributed by atoms with E-state index in [1.165, 1.54) is 4.90 Å². The highest BCUT2D eigenvalue weighted by molar-refractivity contribution is 7.84. The fourth-order valence-electron chi connectivity index (χ4n) is 2.58. The molecule has 0 aliphatic carbocycles. The quantitative estimate of drug-likeness (QED) is 0.801. The first kappa shape index (κ1) is 20.2. The SMILES string of the molecule is CS(=O)c1ccc(CNC(=O)N2CCC(C(=O)NCC(F)(F)F)C2)cc1. The summed E-state index contributed by atoms with van der Waals surface area (Å²) < 4.78 is 47.7. The number of carbonyl (C=O) groups excluding carboxylic acids is 2. The number of amides is 3. The maximum Gasteiger partial charge on any atom is 0.405 e. The van der Waals surface area contributed by atoms with Gasteiger partial charge in [0.25, 0.3) is 0 Å². The van der Waals surface area contributed by atoms with Gasteiger partial charge in [0.1, 0.15) is 6.54 Å². The van der Waals surface area contributed by atoms with Crippen molar-refractivity contribution >= 4 is 22.7 Å². The minimum absolute atomic E-state index is 0.0866. The van der Waals surface area contributed by atoms with E-state index in [2.05, 4.69) is 5.32 Å². The molecule has 1 aromatic carbocycles. The molecule has 0 spiro atoms. The Morgan fingerprint density at radius 2 is 1.88 bits per heavy atom. The van der Waals surface area contributed by atoms with Crippen molar-refractivity contribution in [3.63, 3.8) is 0 Å². The van der Waals surface area contributed by atoms with Crippen molar-refractivity contribution in [2.24, 2.45) is 5.92 Å². The van der Waals surface area contributed by atoms with E-state index in [1.54, 1.807) is 30.5 Å². The zero-order valence-electron chi connectivity index (χ0n) is 14.1. The summed E-state index contributed by atoms with van der Waals surface area (Å²) in [5, 5.41) is 4.55. The molecule has 26 heavy (non-hydrogen) atoms. The average Bonchev–Trinajstić information content (AvgIpc) is 3.07. The summed E-state index contributed by atoms with van der Waals surface area (Å²) in [7, 11) is -1.07. The van der Waals surface area contributed by atoms with Crippen molar-refractivity contribution < 1.29 is 27.0 Å². The number of nitrogens with zero attached hydrogens (tertiary/aromatic N) is 1. The minimum Gasteiger partial charge on any atom is -0.347 e. The second kappa shape index (κ2) is 8.52. The van der Waals surface area contributed by atoms with Crippen LogP contribution < -0.4 is 10.6 Å². The first-order valence-electron chi connectivity index (χ1n) is 7.95. The Balaban J connectivity index is 1.78. The number of nitrogens with one attached hydrogen (secondary N) is 2. The number of alkyl halides is 3. The molecule has 2 N–H and O–H groups in total. The van der Waals surface area contributed by atoms with Gasteiger partial charge in [-0.2, -0.15) is 13.2 Å². The smallest absolute Gasteiger partial charge is 0.347 e.